The van der Waals surface area contributed by atoms with Gasteiger partial charge in [0.05, 0.1) is 19.9 Å². The fraction of sp³-hybridized carbons (Fsp3) is 0.857. The van der Waals surface area contributed by atoms with Gasteiger partial charge in [-0.2, -0.15) is 0 Å². The SMILES string of the molecule is CNCOCCOCC(C)=O. The van der Waals surface area contributed by atoms with E-state index >= 15 is 0 Å². The summed E-state index contributed by atoms with van der Waals surface area (Å²) in [5.74, 6) is 0.0404. The Morgan fingerprint density at radius 2 is 2.00 bits per heavy atom. The monoisotopic (exact) mass is 161 g/mol. The summed E-state index contributed by atoms with van der Waals surface area (Å²) >= 11 is 0. The minimum atomic E-state index is 0.0404. The number of hydrogen-bond donors (Lipinski definition) is 1. The molecule has 0 unspecified atom stereocenters. The molecule has 0 saturated heterocycles. The summed E-state index contributed by atoms with van der Waals surface area (Å²) in [5.41, 5.74) is 0. The van der Waals surface area contributed by atoms with E-state index in [-0.39, 0.29) is 12.4 Å². The Kier molecular flexibility index (Phi) is 7.34. The molecule has 0 aliphatic carbocycles. The van der Waals surface area contributed by atoms with Crippen molar-refractivity contribution in [2.75, 3.05) is 33.6 Å². The van der Waals surface area contributed by atoms with E-state index in [2.05, 4.69) is 5.32 Å². The zero-order valence-corrected chi connectivity index (χ0v) is 7.05. The first-order chi connectivity index (χ1) is 5.27. The molecule has 0 radical (unpaired) electrons. The third-order valence-corrected chi connectivity index (χ3v) is 0.924. The first kappa shape index (κ1) is 10.6. The van der Waals surface area contributed by atoms with Crippen LogP contribution in [-0.4, -0.2) is 39.4 Å². The molecular weight excluding hydrogens is 146 g/mol. The summed E-state index contributed by atoms with van der Waals surface area (Å²) in [6.45, 7) is 3.19. The highest BCUT2D eigenvalue weighted by molar-refractivity contribution is 5.76. The van der Waals surface area contributed by atoms with E-state index in [0.717, 1.165) is 0 Å². The highest BCUT2D eigenvalue weighted by Gasteiger charge is 1.91. The lowest BCUT2D eigenvalue weighted by atomic mass is 10.5. The predicted octanol–water partition coefficient (Wildman–Crippen LogP) is -0.215. The third-order valence-electron chi connectivity index (χ3n) is 0.924. The van der Waals surface area contributed by atoms with Crippen LogP contribution in [0.3, 0.4) is 0 Å². The smallest absolute Gasteiger partial charge is 0.155 e. The second-order valence-corrected chi connectivity index (χ2v) is 2.16. The second-order valence-electron chi connectivity index (χ2n) is 2.16. The van der Waals surface area contributed by atoms with Crippen LogP contribution in [-0.2, 0) is 14.3 Å². The molecule has 0 aromatic heterocycles. The van der Waals surface area contributed by atoms with Gasteiger partial charge in [0.25, 0.3) is 0 Å². The molecule has 0 aromatic carbocycles. The fourth-order valence-corrected chi connectivity index (χ4v) is 0.508. The number of rotatable bonds is 7. The normalized spacial score (nSPS) is 10.0. The average molecular weight is 161 g/mol. The molecule has 0 bridgehead atoms. The first-order valence-corrected chi connectivity index (χ1v) is 3.57. The first-order valence-electron chi connectivity index (χ1n) is 3.57. The van der Waals surface area contributed by atoms with E-state index in [1.807, 2.05) is 0 Å². The van der Waals surface area contributed by atoms with Gasteiger partial charge in [0.1, 0.15) is 6.61 Å². The molecule has 0 amide bonds. The van der Waals surface area contributed by atoms with Gasteiger partial charge in [-0.15, -0.1) is 0 Å². The summed E-state index contributed by atoms with van der Waals surface area (Å²) in [7, 11) is 1.80. The summed E-state index contributed by atoms with van der Waals surface area (Å²) < 4.78 is 9.96. The summed E-state index contributed by atoms with van der Waals surface area (Å²) in [6.07, 6.45) is 0. The number of ketones is 1. The Morgan fingerprint density at radius 3 is 2.55 bits per heavy atom. The van der Waals surface area contributed by atoms with Crippen molar-refractivity contribution in [3.05, 3.63) is 0 Å². The lowest BCUT2D eigenvalue weighted by Crippen LogP contribution is -2.15. The minimum absolute atomic E-state index is 0.0404. The Balaban J connectivity index is 2.85. The van der Waals surface area contributed by atoms with E-state index < -0.39 is 0 Å². The van der Waals surface area contributed by atoms with Crippen LogP contribution in [0.1, 0.15) is 6.92 Å². The molecule has 0 aliphatic heterocycles. The van der Waals surface area contributed by atoms with Gasteiger partial charge in [0.2, 0.25) is 0 Å². The van der Waals surface area contributed by atoms with E-state index in [0.29, 0.717) is 19.9 Å². The van der Waals surface area contributed by atoms with E-state index in [1.165, 1.54) is 6.92 Å². The van der Waals surface area contributed by atoms with Gasteiger partial charge in [0, 0.05) is 0 Å². The zero-order valence-electron chi connectivity index (χ0n) is 7.05. The van der Waals surface area contributed by atoms with Gasteiger partial charge in [-0.25, -0.2) is 0 Å². The maximum absolute atomic E-state index is 10.4. The van der Waals surface area contributed by atoms with E-state index in [4.69, 9.17) is 9.47 Å². The Labute approximate surface area is 66.9 Å². The van der Waals surface area contributed by atoms with Crippen molar-refractivity contribution in [3.63, 3.8) is 0 Å². The number of nitrogens with one attached hydrogen (secondary N) is 1. The van der Waals surface area contributed by atoms with Crippen LogP contribution in [0, 0.1) is 0 Å². The molecule has 0 aromatic rings. The molecule has 4 heteroatoms. The quantitative estimate of drug-likeness (QED) is 0.414. The maximum atomic E-state index is 10.4. The molecule has 0 rings (SSSR count). The van der Waals surface area contributed by atoms with Crippen LogP contribution >= 0.6 is 0 Å². The number of carbonyl (C=O) groups is 1. The highest BCUT2D eigenvalue weighted by atomic mass is 16.5. The molecule has 0 aliphatic rings. The van der Waals surface area contributed by atoms with Crippen molar-refractivity contribution in [3.8, 4) is 0 Å². The standard InChI is InChI=1S/C7H15NO3/c1-7(9)5-10-3-4-11-6-8-2/h8H,3-6H2,1-2H3. The van der Waals surface area contributed by atoms with Gasteiger partial charge >= 0.3 is 0 Å². The van der Waals surface area contributed by atoms with Crippen molar-refractivity contribution >= 4 is 5.78 Å². The molecule has 0 atom stereocenters. The molecule has 66 valence electrons. The van der Waals surface area contributed by atoms with Gasteiger partial charge in [-0.3, -0.25) is 10.1 Å². The number of carbonyl (C=O) groups excluding carboxylic acids is 1. The Bertz CT molecular complexity index is 106. The third kappa shape index (κ3) is 9.55. The topological polar surface area (TPSA) is 47.6 Å². The van der Waals surface area contributed by atoms with Crippen LogP contribution in [0.5, 0.6) is 0 Å². The minimum Gasteiger partial charge on any atom is -0.371 e. The Hall–Kier alpha value is -0.450. The molecule has 1 N–H and O–H groups in total. The maximum Gasteiger partial charge on any atom is 0.155 e. The lowest BCUT2D eigenvalue weighted by Gasteiger charge is -2.02. The van der Waals surface area contributed by atoms with Gasteiger partial charge in [-0.1, -0.05) is 0 Å². The van der Waals surface area contributed by atoms with Gasteiger partial charge in [0.15, 0.2) is 5.78 Å². The van der Waals surface area contributed by atoms with Crippen molar-refractivity contribution in [2.45, 2.75) is 6.92 Å². The molecule has 11 heavy (non-hydrogen) atoms. The predicted molar refractivity (Wildman–Crippen MR) is 41.4 cm³/mol. The summed E-state index contributed by atoms with van der Waals surface area (Å²) in [6, 6.07) is 0. The second kappa shape index (κ2) is 7.65. The number of hydrogen-bond acceptors (Lipinski definition) is 4. The summed E-state index contributed by atoms with van der Waals surface area (Å²) in [4.78, 5) is 10.4. The van der Waals surface area contributed by atoms with Crippen LogP contribution in [0.4, 0.5) is 0 Å². The van der Waals surface area contributed by atoms with Gasteiger partial charge < -0.3 is 9.47 Å². The Morgan fingerprint density at radius 1 is 1.36 bits per heavy atom. The van der Waals surface area contributed by atoms with Crippen LogP contribution in [0.15, 0.2) is 0 Å². The van der Waals surface area contributed by atoms with Crippen molar-refractivity contribution in [1.82, 2.24) is 5.32 Å². The fourth-order valence-electron chi connectivity index (χ4n) is 0.508. The van der Waals surface area contributed by atoms with E-state index in [9.17, 15) is 4.79 Å². The average Bonchev–Trinajstić information content (AvgIpc) is 1.96. The van der Waals surface area contributed by atoms with Crippen molar-refractivity contribution < 1.29 is 14.3 Å². The van der Waals surface area contributed by atoms with E-state index in [1.54, 1.807) is 7.05 Å². The van der Waals surface area contributed by atoms with Crippen LogP contribution in [0.25, 0.3) is 0 Å². The lowest BCUT2D eigenvalue weighted by molar-refractivity contribution is -0.122. The molecule has 0 spiro atoms. The largest absolute Gasteiger partial charge is 0.371 e. The van der Waals surface area contributed by atoms with Crippen molar-refractivity contribution in [1.29, 1.82) is 0 Å². The molecule has 0 saturated carbocycles. The molecule has 0 heterocycles. The van der Waals surface area contributed by atoms with Gasteiger partial charge in [-0.05, 0) is 14.0 Å². The summed E-state index contributed by atoms with van der Waals surface area (Å²) in [5, 5.41) is 2.82. The molecular formula is C7H15NO3. The van der Waals surface area contributed by atoms with Crippen LogP contribution in [0.2, 0.25) is 0 Å². The zero-order chi connectivity index (χ0) is 8.53. The van der Waals surface area contributed by atoms with Crippen molar-refractivity contribution in [2.24, 2.45) is 0 Å². The number of Topliss-reactive ketones (excluding diaryl/α,β-unsaturated/α-hetero) is 1. The van der Waals surface area contributed by atoms with Crippen LogP contribution < -0.4 is 5.32 Å². The highest BCUT2D eigenvalue weighted by Crippen LogP contribution is 1.77. The molecule has 0 fully saturated rings. The molecule has 4 nitrogen and oxygen atoms in total. The number of ether oxygens (including phenoxy) is 2.